The Morgan fingerprint density at radius 2 is 1.76 bits per heavy atom. The maximum Gasteiger partial charge on any atom is 0.359 e. The summed E-state index contributed by atoms with van der Waals surface area (Å²) in [6.07, 6.45) is 1.22. The Kier molecular flexibility index (Phi) is 5.40. The van der Waals surface area contributed by atoms with Gasteiger partial charge in [-0.25, -0.2) is 14.6 Å². The Bertz CT molecular complexity index is 529. The molecule has 0 saturated carbocycles. The van der Waals surface area contributed by atoms with Gasteiger partial charge in [0.2, 0.25) is 6.79 Å². The molecule has 7 heteroatoms. The second kappa shape index (κ2) is 6.83. The molecule has 0 bridgehead atoms. The Labute approximate surface area is 122 Å². The van der Waals surface area contributed by atoms with E-state index in [1.807, 2.05) is 0 Å². The zero-order valence-electron chi connectivity index (χ0n) is 12.3. The topological polar surface area (TPSA) is 91.8 Å². The van der Waals surface area contributed by atoms with E-state index in [-0.39, 0.29) is 11.3 Å². The van der Waals surface area contributed by atoms with Crippen molar-refractivity contribution >= 4 is 17.9 Å². The number of carbonyl (C=O) groups excluding carboxylic acids is 3. The minimum Gasteiger partial charge on any atom is -0.456 e. The molecule has 0 amide bonds. The summed E-state index contributed by atoms with van der Waals surface area (Å²) in [4.78, 5) is 37.6. The molecule has 0 unspecified atom stereocenters. The van der Waals surface area contributed by atoms with Gasteiger partial charge in [-0.15, -0.1) is 0 Å². The molecule has 0 fully saturated rings. The van der Waals surface area contributed by atoms with Crippen LogP contribution in [0.3, 0.4) is 0 Å². The van der Waals surface area contributed by atoms with Crippen molar-refractivity contribution in [2.75, 3.05) is 6.79 Å². The summed E-state index contributed by atoms with van der Waals surface area (Å²) in [5, 5.41) is 0. The molecule has 1 heterocycles. The number of pyridine rings is 1. The summed E-state index contributed by atoms with van der Waals surface area (Å²) in [6, 6.07) is 2.73. The van der Waals surface area contributed by atoms with Gasteiger partial charge in [0.05, 0.1) is 5.56 Å². The van der Waals surface area contributed by atoms with Crippen molar-refractivity contribution < 1.29 is 28.6 Å². The molecule has 1 rings (SSSR count). The molecule has 1 aromatic heterocycles. The fourth-order valence-electron chi connectivity index (χ4n) is 1.21. The predicted octanol–water partition coefficient (Wildman–Crippen LogP) is 1.71. The number of hydrogen-bond acceptors (Lipinski definition) is 7. The lowest BCUT2D eigenvalue weighted by Gasteiger charge is -2.19. The molecule has 0 aliphatic rings. The van der Waals surface area contributed by atoms with Gasteiger partial charge < -0.3 is 14.2 Å². The quantitative estimate of drug-likeness (QED) is 0.616. The lowest BCUT2D eigenvalue weighted by molar-refractivity contribution is -0.149. The van der Waals surface area contributed by atoms with Gasteiger partial charge in [0.15, 0.2) is 0 Å². The number of ether oxygens (including phenoxy) is 3. The Morgan fingerprint density at radius 1 is 1.10 bits per heavy atom. The minimum absolute atomic E-state index is 0.00513. The fourth-order valence-corrected chi connectivity index (χ4v) is 1.21. The standard InChI is InChI=1S/C14H17NO6/c1-9(16)19-8-20-13(18)11-6-5-10(7-15-11)12(17)21-14(2,3)4/h5-7H,8H2,1-4H3. The fraction of sp³-hybridized carbons (Fsp3) is 0.429. The molecule has 21 heavy (non-hydrogen) atoms. The first-order valence-corrected chi connectivity index (χ1v) is 6.19. The lowest BCUT2D eigenvalue weighted by atomic mass is 10.2. The van der Waals surface area contributed by atoms with Crippen LogP contribution in [0.4, 0.5) is 0 Å². The van der Waals surface area contributed by atoms with E-state index in [0.29, 0.717) is 0 Å². The van der Waals surface area contributed by atoms with Crippen LogP contribution in [0.15, 0.2) is 18.3 Å². The maximum atomic E-state index is 11.8. The molecule has 0 aliphatic carbocycles. The van der Waals surface area contributed by atoms with Crippen LogP contribution in [0, 0.1) is 0 Å². The number of esters is 3. The van der Waals surface area contributed by atoms with E-state index in [2.05, 4.69) is 14.5 Å². The van der Waals surface area contributed by atoms with Crippen LogP contribution in [0.1, 0.15) is 48.5 Å². The summed E-state index contributed by atoms with van der Waals surface area (Å²) < 4.78 is 14.3. The van der Waals surface area contributed by atoms with Gasteiger partial charge in [-0.05, 0) is 32.9 Å². The van der Waals surface area contributed by atoms with Crippen LogP contribution in [0.25, 0.3) is 0 Å². The molecule has 0 aliphatic heterocycles. The SMILES string of the molecule is CC(=O)OCOC(=O)c1ccc(C(=O)OC(C)(C)C)cn1. The van der Waals surface area contributed by atoms with Gasteiger partial charge in [0.1, 0.15) is 11.3 Å². The molecular weight excluding hydrogens is 278 g/mol. The van der Waals surface area contributed by atoms with E-state index in [0.717, 1.165) is 0 Å². The second-order valence-electron chi connectivity index (χ2n) is 5.12. The Morgan fingerprint density at radius 3 is 2.24 bits per heavy atom. The van der Waals surface area contributed by atoms with Crippen LogP contribution in [-0.4, -0.2) is 35.3 Å². The third kappa shape index (κ3) is 6.03. The van der Waals surface area contributed by atoms with Gasteiger partial charge in [-0.3, -0.25) is 4.79 Å². The predicted molar refractivity (Wildman–Crippen MR) is 71.5 cm³/mol. The van der Waals surface area contributed by atoms with Crippen LogP contribution in [-0.2, 0) is 19.0 Å². The molecule has 0 aromatic carbocycles. The van der Waals surface area contributed by atoms with Crippen molar-refractivity contribution in [1.29, 1.82) is 0 Å². The number of hydrogen-bond donors (Lipinski definition) is 0. The third-order valence-corrected chi connectivity index (χ3v) is 2.06. The van der Waals surface area contributed by atoms with Crippen molar-refractivity contribution in [3.8, 4) is 0 Å². The molecule has 0 atom stereocenters. The van der Waals surface area contributed by atoms with Crippen molar-refractivity contribution in [3.05, 3.63) is 29.6 Å². The zero-order valence-corrected chi connectivity index (χ0v) is 12.3. The first-order chi connectivity index (χ1) is 9.69. The average Bonchev–Trinajstić information content (AvgIpc) is 2.36. The first kappa shape index (κ1) is 16.6. The largest absolute Gasteiger partial charge is 0.456 e. The Balaban J connectivity index is 2.63. The smallest absolute Gasteiger partial charge is 0.359 e. The van der Waals surface area contributed by atoms with E-state index in [9.17, 15) is 14.4 Å². The zero-order chi connectivity index (χ0) is 16.0. The molecular formula is C14H17NO6. The lowest BCUT2D eigenvalue weighted by Crippen LogP contribution is -2.24. The number of nitrogens with zero attached hydrogens (tertiary/aromatic N) is 1. The van der Waals surface area contributed by atoms with Crippen LogP contribution in [0.5, 0.6) is 0 Å². The van der Waals surface area contributed by atoms with Crippen LogP contribution >= 0.6 is 0 Å². The molecule has 0 N–H and O–H groups in total. The minimum atomic E-state index is -0.757. The molecule has 1 aromatic rings. The third-order valence-electron chi connectivity index (χ3n) is 2.06. The van der Waals surface area contributed by atoms with Gasteiger partial charge in [0, 0.05) is 13.1 Å². The van der Waals surface area contributed by atoms with Crippen LogP contribution < -0.4 is 0 Å². The van der Waals surface area contributed by atoms with Crippen molar-refractivity contribution in [3.63, 3.8) is 0 Å². The van der Waals surface area contributed by atoms with Gasteiger partial charge in [0.25, 0.3) is 0 Å². The highest BCUT2D eigenvalue weighted by Crippen LogP contribution is 2.12. The maximum absolute atomic E-state index is 11.8. The van der Waals surface area contributed by atoms with Crippen molar-refractivity contribution in [2.45, 2.75) is 33.3 Å². The summed E-state index contributed by atoms with van der Waals surface area (Å²) in [5.74, 6) is -1.85. The summed E-state index contributed by atoms with van der Waals surface area (Å²) >= 11 is 0. The first-order valence-electron chi connectivity index (χ1n) is 6.19. The van der Waals surface area contributed by atoms with E-state index >= 15 is 0 Å². The van der Waals surface area contributed by atoms with Crippen molar-refractivity contribution in [2.24, 2.45) is 0 Å². The van der Waals surface area contributed by atoms with E-state index < -0.39 is 30.3 Å². The second-order valence-corrected chi connectivity index (χ2v) is 5.12. The molecule has 7 nitrogen and oxygen atoms in total. The monoisotopic (exact) mass is 295 g/mol. The molecule has 0 spiro atoms. The van der Waals surface area contributed by atoms with Gasteiger partial charge >= 0.3 is 17.9 Å². The number of aromatic nitrogens is 1. The average molecular weight is 295 g/mol. The highest BCUT2D eigenvalue weighted by Gasteiger charge is 2.19. The molecule has 0 radical (unpaired) electrons. The highest BCUT2D eigenvalue weighted by molar-refractivity contribution is 5.91. The Hall–Kier alpha value is -2.44. The summed E-state index contributed by atoms with van der Waals surface area (Å²) in [5.41, 5.74) is -0.394. The van der Waals surface area contributed by atoms with E-state index in [1.54, 1.807) is 20.8 Å². The summed E-state index contributed by atoms with van der Waals surface area (Å²) in [6.45, 7) is 5.96. The van der Waals surface area contributed by atoms with Gasteiger partial charge in [-0.2, -0.15) is 0 Å². The van der Waals surface area contributed by atoms with Crippen LogP contribution in [0.2, 0.25) is 0 Å². The summed E-state index contributed by atoms with van der Waals surface area (Å²) in [7, 11) is 0. The number of carbonyl (C=O) groups is 3. The van der Waals surface area contributed by atoms with Gasteiger partial charge in [-0.1, -0.05) is 0 Å². The molecule has 114 valence electrons. The molecule has 0 saturated heterocycles. The van der Waals surface area contributed by atoms with E-state index in [4.69, 9.17) is 4.74 Å². The van der Waals surface area contributed by atoms with E-state index in [1.165, 1.54) is 25.3 Å². The number of rotatable bonds is 4. The van der Waals surface area contributed by atoms with Crippen molar-refractivity contribution in [1.82, 2.24) is 4.98 Å². The normalized spacial score (nSPS) is 10.7. The highest BCUT2D eigenvalue weighted by atomic mass is 16.7.